The Morgan fingerprint density at radius 2 is 1.55 bits per heavy atom. The van der Waals surface area contributed by atoms with Crippen LogP contribution in [0.2, 0.25) is 0 Å². The first-order valence-electron chi connectivity index (χ1n) is 14.9. The maximum atomic E-state index is 14.3. The van der Waals surface area contributed by atoms with Crippen molar-refractivity contribution < 1.29 is 27.5 Å². The maximum Gasteiger partial charge on any atom is 0.264 e. The molecule has 0 spiro atoms. The summed E-state index contributed by atoms with van der Waals surface area (Å²) < 4.78 is 40.4. The van der Waals surface area contributed by atoms with Crippen molar-refractivity contribution in [1.82, 2.24) is 10.2 Å². The second-order valence-corrected chi connectivity index (χ2v) is 12.8. The molecule has 0 heterocycles. The highest BCUT2D eigenvalue weighted by atomic mass is 32.2. The van der Waals surface area contributed by atoms with Gasteiger partial charge in [-0.3, -0.25) is 13.9 Å². The summed E-state index contributed by atoms with van der Waals surface area (Å²) in [5, 5.41) is 2.96. The molecule has 0 aliphatic heterocycles. The van der Waals surface area contributed by atoms with Gasteiger partial charge in [-0.25, -0.2) is 8.42 Å². The highest BCUT2D eigenvalue weighted by Gasteiger charge is 2.34. The van der Waals surface area contributed by atoms with Gasteiger partial charge in [-0.05, 0) is 74.6 Å². The Morgan fingerprint density at radius 3 is 2.14 bits per heavy atom. The third-order valence-corrected chi connectivity index (χ3v) is 9.14. The molecule has 3 rings (SSSR count). The van der Waals surface area contributed by atoms with Gasteiger partial charge in [-0.2, -0.15) is 0 Å². The van der Waals surface area contributed by atoms with E-state index >= 15 is 0 Å². The lowest BCUT2D eigenvalue weighted by Crippen LogP contribution is -2.52. The number of nitrogens with zero attached hydrogens (tertiary/aromatic N) is 2. The fraction of sp³-hybridized carbons (Fsp3) is 0.412. The van der Waals surface area contributed by atoms with Crippen LogP contribution in [-0.4, -0.2) is 58.5 Å². The number of rotatable bonds is 15. The third-order valence-electron chi connectivity index (χ3n) is 7.37. The fourth-order valence-corrected chi connectivity index (χ4v) is 6.57. The summed E-state index contributed by atoms with van der Waals surface area (Å²) in [7, 11) is -1.37. The Balaban J connectivity index is 2.12. The van der Waals surface area contributed by atoms with Crippen molar-refractivity contribution in [3.63, 3.8) is 0 Å². The van der Waals surface area contributed by atoms with Crippen molar-refractivity contribution in [1.29, 1.82) is 0 Å². The lowest BCUT2D eigenvalue weighted by molar-refractivity contribution is -0.140. The van der Waals surface area contributed by atoms with Crippen molar-refractivity contribution in [2.45, 2.75) is 71.4 Å². The first-order chi connectivity index (χ1) is 20.9. The Hall–Kier alpha value is -4.05. The van der Waals surface area contributed by atoms with Gasteiger partial charge < -0.3 is 19.7 Å². The van der Waals surface area contributed by atoms with Crippen LogP contribution in [0.5, 0.6) is 11.5 Å². The largest absolute Gasteiger partial charge is 0.493 e. The zero-order valence-electron chi connectivity index (χ0n) is 26.8. The molecule has 1 atom stereocenters. The molecule has 0 aliphatic rings. The van der Waals surface area contributed by atoms with E-state index in [1.165, 1.54) is 37.3 Å². The van der Waals surface area contributed by atoms with Gasteiger partial charge in [0.05, 0.1) is 24.8 Å². The van der Waals surface area contributed by atoms with Crippen LogP contribution in [-0.2, 0) is 26.2 Å². The molecule has 0 aliphatic carbocycles. The molecule has 9 nitrogen and oxygen atoms in total. The average molecular weight is 624 g/mol. The highest BCUT2D eigenvalue weighted by molar-refractivity contribution is 7.92. The molecular formula is C34H45N3O6S. The summed E-state index contributed by atoms with van der Waals surface area (Å²) >= 11 is 0. The van der Waals surface area contributed by atoms with E-state index in [1.54, 1.807) is 12.1 Å². The van der Waals surface area contributed by atoms with Gasteiger partial charge in [0.15, 0.2) is 11.5 Å². The number of carbonyl (C=O) groups is 2. The molecule has 10 heteroatoms. The van der Waals surface area contributed by atoms with Crippen LogP contribution in [0.1, 0.15) is 55.4 Å². The Kier molecular flexibility index (Phi) is 12.2. The molecule has 44 heavy (non-hydrogen) atoms. The predicted octanol–water partition coefficient (Wildman–Crippen LogP) is 5.55. The van der Waals surface area contributed by atoms with E-state index in [4.69, 9.17) is 9.47 Å². The van der Waals surface area contributed by atoms with Crippen molar-refractivity contribution >= 4 is 27.5 Å². The number of methoxy groups -OCH3 is 2. The number of benzene rings is 3. The maximum absolute atomic E-state index is 14.3. The van der Waals surface area contributed by atoms with E-state index in [2.05, 4.69) is 5.32 Å². The lowest BCUT2D eigenvalue weighted by Gasteiger charge is -2.33. The number of nitrogens with one attached hydrogen (secondary N) is 1. The smallest absolute Gasteiger partial charge is 0.264 e. The summed E-state index contributed by atoms with van der Waals surface area (Å²) in [6.45, 7) is 9.73. The van der Waals surface area contributed by atoms with E-state index in [0.29, 0.717) is 24.4 Å². The van der Waals surface area contributed by atoms with Gasteiger partial charge in [0.1, 0.15) is 12.6 Å². The third kappa shape index (κ3) is 8.53. The first kappa shape index (κ1) is 34.4. The first-order valence-corrected chi connectivity index (χ1v) is 16.3. The minimum absolute atomic E-state index is 0.0586. The summed E-state index contributed by atoms with van der Waals surface area (Å²) in [5.41, 5.74) is 3.90. The van der Waals surface area contributed by atoms with Crippen LogP contribution in [0.25, 0.3) is 0 Å². The molecule has 0 fully saturated rings. The molecule has 0 radical (unpaired) electrons. The Morgan fingerprint density at radius 1 is 0.864 bits per heavy atom. The molecule has 0 saturated heterocycles. The zero-order chi connectivity index (χ0) is 32.4. The number of hydrogen-bond acceptors (Lipinski definition) is 6. The van der Waals surface area contributed by atoms with Crippen molar-refractivity contribution in [2.75, 3.05) is 31.6 Å². The van der Waals surface area contributed by atoms with Gasteiger partial charge in [0.25, 0.3) is 10.0 Å². The molecule has 3 aromatic rings. The summed E-state index contributed by atoms with van der Waals surface area (Å²) in [5.74, 6) is -0.129. The van der Waals surface area contributed by atoms with E-state index in [9.17, 15) is 18.0 Å². The van der Waals surface area contributed by atoms with Gasteiger partial charge >= 0.3 is 0 Å². The standard InChI is InChI=1S/C34H45N3O6S/c1-8-10-16-35-34(39)30(9-2)36(22-27-13-11-12-24(3)18-27)33(38)23-37(28-19-25(4)17-26(5)20-28)44(40,41)29-14-15-31(42-6)32(21-29)43-7/h11-15,17-21,30H,8-10,16,22-23H2,1-7H3,(H,35,39)/t30-/m0/s1. The highest BCUT2D eigenvalue weighted by Crippen LogP contribution is 2.33. The molecule has 0 saturated carbocycles. The summed E-state index contributed by atoms with van der Waals surface area (Å²) in [6, 6.07) is 16.7. The number of sulfonamides is 1. The van der Waals surface area contributed by atoms with Crippen LogP contribution in [0.4, 0.5) is 5.69 Å². The zero-order valence-corrected chi connectivity index (χ0v) is 27.7. The van der Waals surface area contributed by atoms with E-state index in [0.717, 1.165) is 39.4 Å². The number of hydrogen-bond donors (Lipinski definition) is 1. The van der Waals surface area contributed by atoms with Crippen LogP contribution in [0.15, 0.2) is 65.6 Å². The minimum atomic E-state index is -4.27. The van der Waals surface area contributed by atoms with Gasteiger partial charge in [-0.1, -0.05) is 56.2 Å². The molecular weight excluding hydrogens is 578 g/mol. The van der Waals surface area contributed by atoms with Crippen LogP contribution >= 0.6 is 0 Å². The number of aryl methyl sites for hydroxylation is 3. The van der Waals surface area contributed by atoms with E-state index < -0.39 is 28.5 Å². The van der Waals surface area contributed by atoms with Crippen LogP contribution < -0.4 is 19.1 Å². The average Bonchev–Trinajstić information content (AvgIpc) is 2.98. The van der Waals surface area contributed by atoms with Gasteiger partial charge in [0, 0.05) is 19.2 Å². The Labute approximate surface area is 262 Å². The van der Waals surface area contributed by atoms with E-state index in [1.807, 2.05) is 65.0 Å². The molecule has 2 amide bonds. The molecule has 0 bridgehead atoms. The van der Waals surface area contributed by atoms with Crippen molar-refractivity contribution in [3.8, 4) is 11.5 Å². The monoisotopic (exact) mass is 623 g/mol. The second-order valence-electron chi connectivity index (χ2n) is 11.0. The second kappa shape index (κ2) is 15.6. The molecule has 1 N–H and O–H groups in total. The summed E-state index contributed by atoms with van der Waals surface area (Å²) in [4.78, 5) is 29.1. The quantitative estimate of drug-likeness (QED) is 0.223. The minimum Gasteiger partial charge on any atom is -0.493 e. The lowest BCUT2D eigenvalue weighted by atomic mass is 10.1. The number of amides is 2. The van der Waals surface area contributed by atoms with Gasteiger partial charge in [-0.15, -0.1) is 0 Å². The van der Waals surface area contributed by atoms with Crippen molar-refractivity contribution in [3.05, 3.63) is 82.9 Å². The van der Waals surface area contributed by atoms with E-state index in [-0.39, 0.29) is 23.1 Å². The number of carbonyl (C=O) groups excluding carboxylic acids is 2. The van der Waals surface area contributed by atoms with Crippen LogP contribution in [0.3, 0.4) is 0 Å². The van der Waals surface area contributed by atoms with Crippen LogP contribution in [0, 0.1) is 20.8 Å². The normalized spacial score (nSPS) is 11.9. The molecule has 0 aromatic heterocycles. The Bertz CT molecular complexity index is 1540. The van der Waals surface area contributed by atoms with Crippen molar-refractivity contribution in [2.24, 2.45) is 0 Å². The summed E-state index contributed by atoms with van der Waals surface area (Å²) in [6.07, 6.45) is 2.10. The number of ether oxygens (including phenoxy) is 2. The number of anilines is 1. The molecule has 0 unspecified atom stereocenters. The molecule has 238 valence electrons. The fourth-order valence-electron chi connectivity index (χ4n) is 5.16. The predicted molar refractivity (Wildman–Crippen MR) is 174 cm³/mol. The number of unbranched alkanes of at least 4 members (excludes halogenated alkanes) is 1. The SMILES string of the molecule is CCCCNC(=O)[C@H](CC)N(Cc1cccc(C)c1)C(=O)CN(c1cc(C)cc(C)c1)S(=O)(=O)c1ccc(OC)c(OC)c1. The molecule has 3 aromatic carbocycles. The van der Waals surface area contributed by atoms with Gasteiger partial charge in [0.2, 0.25) is 11.8 Å². The topological polar surface area (TPSA) is 105 Å².